The third-order valence-corrected chi connectivity index (χ3v) is 0. The second-order valence-corrected chi connectivity index (χ2v) is 0. The molecule has 0 N–H and O–H groups in total. The van der Waals surface area contributed by atoms with Crippen LogP contribution in [0.4, 0.5) is 0 Å². The largest absolute Gasteiger partial charge is 4.00 e. The zero-order valence-corrected chi connectivity index (χ0v) is 9.32. The zero-order chi connectivity index (χ0) is 0. The van der Waals surface area contributed by atoms with Crippen molar-refractivity contribution < 1.29 is 67.1 Å². The Labute approximate surface area is 83.4 Å². The molecule has 0 aromatic carbocycles. The van der Waals surface area contributed by atoms with Crippen molar-refractivity contribution in [3.8, 4) is 0 Å². The second kappa shape index (κ2) is 17.1. The van der Waals surface area contributed by atoms with Gasteiger partial charge in [0, 0.05) is 0 Å². The Hall–Kier alpha value is 2.76. The predicted molar refractivity (Wildman–Crippen MR) is 5.75 cm³/mol. The summed E-state index contributed by atoms with van der Waals surface area (Å²) < 4.78 is 0. The van der Waals surface area contributed by atoms with Gasteiger partial charge in [0.15, 0.2) is 0 Å². The van der Waals surface area contributed by atoms with Crippen molar-refractivity contribution in [2.45, 2.75) is 0 Å². The van der Waals surface area contributed by atoms with Crippen LogP contribution in [0.25, 0.3) is 0 Å². The molecule has 0 rings (SSSR count). The van der Waals surface area contributed by atoms with Crippen LogP contribution in [0.15, 0.2) is 0 Å². The molecule has 0 nitrogen and oxygen atoms in total. The maximum absolute atomic E-state index is 0. The molecule has 0 aliphatic heterocycles. The van der Waals surface area contributed by atoms with Gasteiger partial charge >= 0.3 is 84.7 Å². The third kappa shape index (κ3) is 8.83. The van der Waals surface area contributed by atoms with Crippen LogP contribution in [0, 0.1) is 0 Å². The maximum Gasteiger partial charge on any atom is 4.00 e. The third-order valence-electron chi connectivity index (χ3n) is 0. The zero-order valence-electron chi connectivity index (χ0n) is 1.40. The molecule has 30 valence electrons. The Bertz CT molecular complexity index is 6.00. The van der Waals surface area contributed by atoms with Gasteiger partial charge in [0.05, 0.1) is 0 Å². The van der Waals surface area contributed by atoms with Gasteiger partial charge in [-0.3, -0.25) is 0 Å². The number of hydrogen-bond donors (Lipinski definition) is 0. The molecule has 0 saturated carbocycles. The first-order valence-electron chi connectivity index (χ1n) is 0. The molecule has 0 unspecified atom stereocenters. The summed E-state index contributed by atoms with van der Waals surface area (Å²) in [6.07, 6.45) is 0. The normalized spacial score (nSPS) is 0. The molecule has 0 radical (unpaired) electrons. The summed E-state index contributed by atoms with van der Waals surface area (Å²) in [6, 6.07) is 0. The number of rotatable bonds is 0. The fourth-order valence-corrected chi connectivity index (χ4v) is 0. The number of hydrogen-bond acceptors (Lipinski definition) is 0. The predicted octanol–water partition coefficient (Wildman–Crippen LogP) is -0.388. The smallest absolute Gasteiger partial charge is 1.00 e. The van der Waals surface area contributed by atoms with Gasteiger partial charge in [0.25, 0.3) is 0 Å². The van der Waals surface area contributed by atoms with Gasteiger partial charge in [-0.15, -0.1) is 0 Å². The molecule has 0 aliphatic rings. The van der Waals surface area contributed by atoms with Crippen molar-refractivity contribution in [2.24, 2.45) is 0 Å². The van der Waals surface area contributed by atoms with Crippen molar-refractivity contribution in [1.82, 2.24) is 0 Å². The molecular formula is AgAu2Ge+7. The average molecular weight is 574 g/mol. The van der Waals surface area contributed by atoms with Gasteiger partial charge < -0.3 is 0 Å². The summed E-state index contributed by atoms with van der Waals surface area (Å²) >= 11 is 0. The van der Waals surface area contributed by atoms with Gasteiger partial charge in [-0.05, 0) is 0 Å². The van der Waals surface area contributed by atoms with Crippen LogP contribution in [0.2, 0.25) is 0 Å². The van der Waals surface area contributed by atoms with E-state index < -0.39 is 0 Å². The van der Waals surface area contributed by atoms with Crippen LogP contribution in [-0.4, -0.2) is 17.6 Å². The topological polar surface area (TPSA) is 0 Å². The van der Waals surface area contributed by atoms with Crippen LogP contribution < -0.4 is 0 Å². The first-order chi connectivity index (χ1) is 0. The first kappa shape index (κ1) is 29.4. The summed E-state index contributed by atoms with van der Waals surface area (Å²) in [5.41, 5.74) is 0. The monoisotopic (exact) mass is 575 g/mol. The molecule has 0 aromatic heterocycles. The molecule has 0 saturated heterocycles. The van der Waals surface area contributed by atoms with E-state index in [2.05, 4.69) is 0 Å². The first-order valence-corrected chi connectivity index (χ1v) is 0. The standard InChI is InChI=1S/Ag.2Au.Ge/q3*+1;+4. The molecule has 0 bridgehead atoms. The van der Waals surface area contributed by atoms with Crippen molar-refractivity contribution >= 4 is 17.6 Å². The molecule has 0 aromatic rings. The minimum Gasteiger partial charge on any atom is 1.00 e. The van der Waals surface area contributed by atoms with E-state index in [0.717, 1.165) is 0 Å². The van der Waals surface area contributed by atoms with Crippen molar-refractivity contribution in [1.29, 1.82) is 0 Å². The Morgan fingerprint density at radius 2 is 0.750 bits per heavy atom. The van der Waals surface area contributed by atoms with Crippen LogP contribution in [0.1, 0.15) is 0 Å². The van der Waals surface area contributed by atoms with Crippen LogP contribution >= 0.6 is 0 Å². The minimum atomic E-state index is 0. The molecule has 0 amide bonds. The van der Waals surface area contributed by atoms with Gasteiger partial charge in [0.2, 0.25) is 0 Å². The van der Waals surface area contributed by atoms with E-state index in [0.29, 0.717) is 0 Å². The summed E-state index contributed by atoms with van der Waals surface area (Å²) in [7, 11) is 0. The van der Waals surface area contributed by atoms with Crippen molar-refractivity contribution in [2.75, 3.05) is 0 Å². The van der Waals surface area contributed by atoms with E-state index >= 15 is 0 Å². The molecule has 0 aliphatic carbocycles. The second-order valence-electron chi connectivity index (χ2n) is 0. The maximum atomic E-state index is 0. The van der Waals surface area contributed by atoms with E-state index in [1.54, 1.807) is 0 Å². The average Bonchev–Trinajstić information content (AvgIpc) is 0. The van der Waals surface area contributed by atoms with E-state index in [-0.39, 0.29) is 84.7 Å². The Balaban J connectivity index is 0. The van der Waals surface area contributed by atoms with Crippen LogP contribution in [0.5, 0.6) is 0 Å². The van der Waals surface area contributed by atoms with Gasteiger partial charge in [-0.25, -0.2) is 0 Å². The fourth-order valence-electron chi connectivity index (χ4n) is 0. The Morgan fingerprint density at radius 3 is 0.750 bits per heavy atom. The van der Waals surface area contributed by atoms with Gasteiger partial charge in [0.1, 0.15) is 0 Å². The molecule has 0 atom stereocenters. The summed E-state index contributed by atoms with van der Waals surface area (Å²) in [5.74, 6) is 0. The Kier molecular flexibility index (Phi) is 126. The van der Waals surface area contributed by atoms with Crippen molar-refractivity contribution in [3.05, 3.63) is 0 Å². The van der Waals surface area contributed by atoms with Crippen molar-refractivity contribution in [3.63, 3.8) is 0 Å². The molecule has 0 fully saturated rings. The van der Waals surface area contributed by atoms with Gasteiger partial charge in [-0.2, -0.15) is 0 Å². The van der Waals surface area contributed by atoms with E-state index in [1.807, 2.05) is 0 Å². The van der Waals surface area contributed by atoms with Gasteiger partial charge in [-0.1, -0.05) is 0 Å². The summed E-state index contributed by atoms with van der Waals surface area (Å²) in [6.45, 7) is 0. The Morgan fingerprint density at radius 1 is 0.750 bits per heavy atom. The van der Waals surface area contributed by atoms with E-state index in [1.165, 1.54) is 0 Å². The quantitative estimate of drug-likeness (QED) is 0.346. The molecular weight excluding hydrogens is 574 g/mol. The van der Waals surface area contributed by atoms with Crippen LogP contribution in [-0.2, 0) is 67.1 Å². The van der Waals surface area contributed by atoms with E-state index in [9.17, 15) is 0 Å². The SMILES string of the molecule is [Ag+].[Au+].[Au+].[Ge+4]. The summed E-state index contributed by atoms with van der Waals surface area (Å²) in [5, 5.41) is 0. The fraction of sp³-hybridized carbons (Fsp3) is 0. The summed E-state index contributed by atoms with van der Waals surface area (Å²) in [4.78, 5) is 0. The van der Waals surface area contributed by atoms with E-state index in [4.69, 9.17) is 0 Å². The minimum absolute atomic E-state index is 0. The molecule has 0 spiro atoms. The van der Waals surface area contributed by atoms with Crippen LogP contribution in [0.3, 0.4) is 0 Å². The molecule has 4 heteroatoms. The molecule has 0 heterocycles. The molecule has 4 heavy (non-hydrogen) atoms.